The van der Waals surface area contributed by atoms with Crippen molar-refractivity contribution in [2.24, 2.45) is 5.92 Å². The van der Waals surface area contributed by atoms with E-state index in [2.05, 4.69) is 24.0 Å². The molecule has 4 nitrogen and oxygen atoms in total. The number of halogens is 1. The molecule has 116 valence electrons. The number of nitrogens with zero attached hydrogens (tertiary/aromatic N) is 3. The fourth-order valence-corrected chi connectivity index (χ4v) is 3.10. The Morgan fingerprint density at radius 2 is 2.05 bits per heavy atom. The Balaban J connectivity index is 2.00. The number of piperidine rings is 1. The minimum Gasteiger partial charge on any atom is -0.339 e. The van der Waals surface area contributed by atoms with Crippen LogP contribution in [0.15, 0.2) is 12.1 Å². The molecule has 0 aliphatic carbocycles. The predicted molar refractivity (Wildman–Crippen MR) is 85.8 cm³/mol. The van der Waals surface area contributed by atoms with E-state index in [1.165, 1.54) is 0 Å². The van der Waals surface area contributed by atoms with Gasteiger partial charge in [-0.3, -0.25) is 4.79 Å². The lowest BCUT2D eigenvalue weighted by Crippen LogP contribution is -2.40. The molecule has 2 heterocycles. The Kier molecular flexibility index (Phi) is 5.59. The molecular formula is C16H24ClN3O. The van der Waals surface area contributed by atoms with Gasteiger partial charge >= 0.3 is 0 Å². The summed E-state index contributed by atoms with van der Waals surface area (Å²) in [5, 5.41) is 0.403. The summed E-state index contributed by atoms with van der Waals surface area (Å²) in [6.07, 6.45) is 2.93. The minimum absolute atomic E-state index is 0.0808. The van der Waals surface area contributed by atoms with Gasteiger partial charge in [0.05, 0.1) is 0 Å². The van der Waals surface area contributed by atoms with Gasteiger partial charge in [0.2, 0.25) is 0 Å². The average molecular weight is 310 g/mol. The summed E-state index contributed by atoms with van der Waals surface area (Å²) in [6, 6.07) is 3.54. The van der Waals surface area contributed by atoms with Gasteiger partial charge in [0.25, 0.3) is 5.91 Å². The zero-order valence-electron chi connectivity index (χ0n) is 13.1. The molecule has 0 N–H and O–H groups in total. The van der Waals surface area contributed by atoms with Gasteiger partial charge in [-0.1, -0.05) is 18.5 Å². The minimum atomic E-state index is 0.0808. The predicted octanol–water partition coefficient (Wildman–Crippen LogP) is 2.71. The van der Waals surface area contributed by atoms with Gasteiger partial charge in [-0.2, -0.15) is 0 Å². The van der Waals surface area contributed by atoms with Crippen molar-refractivity contribution in [1.82, 2.24) is 14.8 Å². The molecular weight excluding hydrogens is 286 g/mol. The molecule has 0 saturated carbocycles. The molecule has 5 heteroatoms. The first-order valence-corrected chi connectivity index (χ1v) is 7.98. The van der Waals surface area contributed by atoms with Gasteiger partial charge in [0.15, 0.2) is 0 Å². The van der Waals surface area contributed by atoms with Crippen molar-refractivity contribution in [2.45, 2.75) is 26.2 Å². The smallest absolute Gasteiger partial charge is 0.254 e. The van der Waals surface area contributed by atoms with Crippen LogP contribution in [-0.2, 0) is 6.42 Å². The molecule has 1 aliphatic heterocycles. The van der Waals surface area contributed by atoms with Crippen molar-refractivity contribution in [1.29, 1.82) is 0 Å². The van der Waals surface area contributed by atoms with Crippen LogP contribution in [0.5, 0.6) is 0 Å². The fourth-order valence-electron chi connectivity index (χ4n) is 2.87. The first-order chi connectivity index (χ1) is 9.99. The zero-order valence-corrected chi connectivity index (χ0v) is 13.9. The Bertz CT molecular complexity index is 496. The quantitative estimate of drug-likeness (QED) is 0.802. The van der Waals surface area contributed by atoms with Crippen LogP contribution >= 0.6 is 11.6 Å². The van der Waals surface area contributed by atoms with Crippen molar-refractivity contribution in [3.63, 3.8) is 0 Å². The van der Waals surface area contributed by atoms with Gasteiger partial charge in [0, 0.05) is 30.9 Å². The molecule has 1 saturated heterocycles. The maximum absolute atomic E-state index is 12.6. The molecule has 1 fully saturated rings. The van der Waals surface area contributed by atoms with Crippen LogP contribution in [0.2, 0.25) is 5.15 Å². The maximum atomic E-state index is 12.6. The second-order valence-corrected chi connectivity index (χ2v) is 6.41. The second-order valence-electron chi connectivity index (χ2n) is 6.02. The molecule has 1 aliphatic rings. The summed E-state index contributed by atoms with van der Waals surface area (Å²) >= 11 is 6.00. The Morgan fingerprint density at radius 1 is 1.38 bits per heavy atom. The molecule has 1 aromatic heterocycles. The van der Waals surface area contributed by atoms with Crippen LogP contribution in [-0.4, -0.2) is 54.4 Å². The van der Waals surface area contributed by atoms with Crippen LogP contribution in [0.25, 0.3) is 0 Å². The molecule has 2 rings (SSSR count). The lowest BCUT2D eigenvalue weighted by atomic mass is 9.96. The molecule has 21 heavy (non-hydrogen) atoms. The fraction of sp³-hybridized carbons (Fsp3) is 0.625. The van der Waals surface area contributed by atoms with Gasteiger partial charge < -0.3 is 9.80 Å². The van der Waals surface area contributed by atoms with E-state index in [0.29, 0.717) is 16.6 Å². The monoisotopic (exact) mass is 309 g/mol. The van der Waals surface area contributed by atoms with E-state index in [9.17, 15) is 4.79 Å². The molecule has 1 amide bonds. The Hall–Kier alpha value is -1.13. The highest BCUT2D eigenvalue weighted by Gasteiger charge is 2.24. The van der Waals surface area contributed by atoms with Gasteiger partial charge in [-0.25, -0.2) is 4.98 Å². The third-order valence-corrected chi connectivity index (χ3v) is 4.18. The van der Waals surface area contributed by atoms with E-state index in [-0.39, 0.29) is 5.91 Å². The summed E-state index contributed by atoms with van der Waals surface area (Å²) in [5.74, 6) is 0.772. The van der Waals surface area contributed by atoms with Crippen LogP contribution in [0.3, 0.4) is 0 Å². The summed E-state index contributed by atoms with van der Waals surface area (Å²) in [7, 11) is 4.20. The number of amides is 1. The lowest BCUT2D eigenvalue weighted by molar-refractivity contribution is 0.0678. The number of carbonyl (C=O) groups is 1. The molecule has 0 spiro atoms. The number of pyridine rings is 1. The van der Waals surface area contributed by atoms with Gasteiger partial charge in [-0.15, -0.1) is 0 Å². The highest BCUT2D eigenvalue weighted by atomic mass is 35.5. The normalized spacial score (nSPS) is 16.5. The summed E-state index contributed by atoms with van der Waals surface area (Å²) in [6.45, 7) is 4.78. The van der Waals surface area contributed by atoms with Crippen LogP contribution in [0, 0.1) is 5.92 Å². The van der Waals surface area contributed by atoms with Crippen LogP contribution in [0.1, 0.15) is 35.8 Å². The van der Waals surface area contributed by atoms with E-state index in [4.69, 9.17) is 11.6 Å². The van der Waals surface area contributed by atoms with E-state index >= 15 is 0 Å². The molecule has 0 radical (unpaired) electrons. The van der Waals surface area contributed by atoms with Gasteiger partial charge in [0.1, 0.15) is 5.15 Å². The Labute approximate surface area is 132 Å². The molecule has 0 aromatic carbocycles. The third kappa shape index (κ3) is 4.42. The largest absolute Gasteiger partial charge is 0.339 e. The first-order valence-electron chi connectivity index (χ1n) is 7.60. The number of hydrogen-bond acceptors (Lipinski definition) is 3. The zero-order chi connectivity index (χ0) is 15.4. The number of hydrogen-bond donors (Lipinski definition) is 0. The van der Waals surface area contributed by atoms with Crippen molar-refractivity contribution in [3.8, 4) is 0 Å². The van der Waals surface area contributed by atoms with E-state index in [0.717, 1.165) is 44.6 Å². The standard InChI is InChI=1S/C16H24ClN3O/c1-4-14-9-13(10-15(17)18-14)16(21)20-7-5-12(6-8-20)11-19(2)3/h9-10,12H,4-8,11H2,1-3H3. The first kappa shape index (κ1) is 16.2. The second kappa shape index (κ2) is 7.23. The van der Waals surface area contributed by atoms with E-state index < -0.39 is 0 Å². The highest BCUT2D eigenvalue weighted by Crippen LogP contribution is 2.21. The molecule has 0 atom stereocenters. The maximum Gasteiger partial charge on any atom is 0.254 e. The number of carbonyl (C=O) groups excluding carboxylic acids is 1. The number of aryl methyl sites for hydroxylation is 1. The third-order valence-electron chi connectivity index (χ3n) is 3.98. The van der Waals surface area contributed by atoms with E-state index in [1.54, 1.807) is 6.07 Å². The summed E-state index contributed by atoms with van der Waals surface area (Å²) in [4.78, 5) is 21.0. The summed E-state index contributed by atoms with van der Waals surface area (Å²) in [5.41, 5.74) is 1.53. The number of aromatic nitrogens is 1. The molecule has 1 aromatic rings. The summed E-state index contributed by atoms with van der Waals surface area (Å²) < 4.78 is 0. The van der Waals surface area contributed by atoms with Crippen molar-refractivity contribution in [3.05, 3.63) is 28.5 Å². The van der Waals surface area contributed by atoms with Crippen LogP contribution < -0.4 is 0 Å². The Morgan fingerprint density at radius 3 is 2.62 bits per heavy atom. The highest BCUT2D eigenvalue weighted by molar-refractivity contribution is 6.29. The number of rotatable bonds is 4. The average Bonchev–Trinajstić information content (AvgIpc) is 2.46. The molecule has 0 unspecified atom stereocenters. The van der Waals surface area contributed by atoms with Crippen molar-refractivity contribution >= 4 is 17.5 Å². The SMILES string of the molecule is CCc1cc(C(=O)N2CCC(CN(C)C)CC2)cc(Cl)n1. The molecule has 0 bridgehead atoms. The topological polar surface area (TPSA) is 36.4 Å². The van der Waals surface area contributed by atoms with Crippen molar-refractivity contribution in [2.75, 3.05) is 33.7 Å². The van der Waals surface area contributed by atoms with E-state index in [1.807, 2.05) is 17.9 Å². The lowest BCUT2D eigenvalue weighted by Gasteiger charge is -2.33. The van der Waals surface area contributed by atoms with Crippen LogP contribution in [0.4, 0.5) is 0 Å². The van der Waals surface area contributed by atoms with Crippen molar-refractivity contribution < 1.29 is 4.79 Å². The number of likely N-dealkylation sites (tertiary alicyclic amines) is 1. The van der Waals surface area contributed by atoms with Gasteiger partial charge in [-0.05, 0) is 51.4 Å².